The molecule has 5 heteroatoms. The molecule has 2 N–H and O–H groups in total. The minimum Gasteiger partial charge on any atom is -0.398 e. The van der Waals surface area contributed by atoms with Crippen molar-refractivity contribution < 1.29 is 4.21 Å². The highest BCUT2D eigenvalue weighted by molar-refractivity contribution is 7.86. The summed E-state index contributed by atoms with van der Waals surface area (Å²) in [5.41, 5.74) is 7.16. The van der Waals surface area contributed by atoms with Crippen molar-refractivity contribution in [3.05, 3.63) is 46.3 Å². The molecule has 2 rings (SSSR count). The second-order valence-corrected chi connectivity index (χ2v) is 6.26. The summed E-state index contributed by atoms with van der Waals surface area (Å²) >= 11 is 7.50. The van der Waals surface area contributed by atoms with Crippen LogP contribution in [-0.2, 0) is 16.6 Å². The van der Waals surface area contributed by atoms with E-state index in [0.717, 1.165) is 9.77 Å². The summed E-state index contributed by atoms with van der Waals surface area (Å²) in [4.78, 5) is 0. The minimum absolute atomic E-state index is 0.367. The number of rotatable bonds is 3. The topological polar surface area (TPSA) is 43.1 Å². The van der Waals surface area contributed by atoms with Crippen LogP contribution < -0.4 is 5.73 Å². The van der Waals surface area contributed by atoms with E-state index in [0.29, 0.717) is 16.5 Å². The van der Waals surface area contributed by atoms with Gasteiger partial charge in [0.25, 0.3) is 0 Å². The maximum Gasteiger partial charge on any atom is 0.0913 e. The molecule has 0 amide bonds. The first-order valence-corrected chi connectivity index (χ1v) is 7.21. The van der Waals surface area contributed by atoms with Gasteiger partial charge in [-0.1, -0.05) is 23.7 Å². The SMILES string of the molecule is Nc1cccc(Cl)c1CS(=O)c1cccs1. The van der Waals surface area contributed by atoms with E-state index in [1.165, 1.54) is 11.3 Å². The summed E-state index contributed by atoms with van der Waals surface area (Å²) in [6.07, 6.45) is 0. The van der Waals surface area contributed by atoms with E-state index in [9.17, 15) is 4.21 Å². The van der Waals surface area contributed by atoms with Crippen LogP contribution in [0.2, 0.25) is 5.02 Å². The van der Waals surface area contributed by atoms with Crippen LogP contribution in [0.1, 0.15) is 5.56 Å². The van der Waals surface area contributed by atoms with Gasteiger partial charge in [-0.2, -0.15) is 0 Å². The fourth-order valence-electron chi connectivity index (χ4n) is 1.32. The van der Waals surface area contributed by atoms with Gasteiger partial charge in [-0.25, -0.2) is 0 Å². The molecule has 1 unspecified atom stereocenters. The van der Waals surface area contributed by atoms with Gasteiger partial charge < -0.3 is 5.73 Å². The molecule has 1 heterocycles. The van der Waals surface area contributed by atoms with E-state index in [4.69, 9.17) is 17.3 Å². The Balaban J connectivity index is 2.25. The minimum atomic E-state index is -1.07. The molecule has 84 valence electrons. The molecule has 0 aliphatic rings. The number of halogens is 1. The Hall–Kier alpha value is -0.840. The zero-order valence-electron chi connectivity index (χ0n) is 8.35. The molecule has 16 heavy (non-hydrogen) atoms. The van der Waals surface area contributed by atoms with E-state index in [1.807, 2.05) is 17.5 Å². The van der Waals surface area contributed by atoms with E-state index < -0.39 is 10.8 Å². The maximum atomic E-state index is 12.0. The fraction of sp³-hybridized carbons (Fsp3) is 0.0909. The Morgan fingerprint density at radius 1 is 1.31 bits per heavy atom. The predicted octanol–water partition coefficient (Wildman–Crippen LogP) is 3.29. The van der Waals surface area contributed by atoms with E-state index in [1.54, 1.807) is 18.2 Å². The second kappa shape index (κ2) is 4.99. The van der Waals surface area contributed by atoms with Crippen molar-refractivity contribution in [1.82, 2.24) is 0 Å². The number of anilines is 1. The van der Waals surface area contributed by atoms with Crippen molar-refractivity contribution in [3.63, 3.8) is 0 Å². The van der Waals surface area contributed by atoms with Gasteiger partial charge in [0.05, 0.1) is 20.8 Å². The predicted molar refractivity (Wildman–Crippen MR) is 70.3 cm³/mol. The zero-order chi connectivity index (χ0) is 11.5. The number of thiophene rings is 1. The number of nitrogen functional groups attached to an aromatic ring is 1. The Morgan fingerprint density at radius 2 is 2.12 bits per heavy atom. The second-order valence-electron chi connectivity index (χ2n) is 3.23. The van der Waals surface area contributed by atoms with Gasteiger partial charge in [0.2, 0.25) is 0 Å². The lowest BCUT2D eigenvalue weighted by Gasteiger charge is -2.06. The van der Waals surface area contributed by atoms with Crippen LogP contribution in [0, 0.1) is 0 Å². The monoisotopic (exact) mass is 271 g/mol. The third kappa shape index (κ3) is 2.45. The average Bonchev–Trinajstić information content (AvgIpc) is 2.76. The van der Waals surface area contributed by atoms with Crippen LogP contribution >= 0.6 is 22.9 Å². The van der Waals surface area contributed by atoms with Crippen LogP contribution in [0.3, 0.4) is 0 Å². The first-order valence-electron chi connectivity index (χ1n) is 4.63. The molecular weight excluding hydrogens is 262 g/mol. The lowest BCUT2D eigenvalue weighted by atomic mass is 10.2. The zero-order valence-corrected chi connectivity index (χ0v) is 10.7. The van der Waals surface area contributed by atoms with Gasteiger partial charge in [0.1, 0.15) is 0 Å². The Kier molecular flexibility index (Phi) is 3.63. The molecule has 2 aromatic rings. The summed E-state index contributed by atoms with van der Waals surface area (Å²) in [6, 6.07) is 9.06. The maximum absolute atomic E-state index is 12.0. The molecular formula is C11H10ClNOS2. The molecule has 1 aromatic heterocycles. The third-order valence-electron chi connectivity index (χ3n) is 2.15. The molecule has 0 radical (unpaired) electrons. The number of hydrogen-bond acceptors (Lipinski definition) is 3. The Morgan fingerprint density at radius 3 is 2.75 bits per heavy atom. The summed E-state index contributed by atoms with van der Waals surface area (Å²) < 4.78 is 12.8. The highest BCUT2D eigenvalue weighted by Crippen LogP contribution is 2.26. The molecule has 0 fully saturated rings. The highest BCUT2D eigenvalue weighted by Gasteiger charge is 2.11. The van der Waals surface area contributed by atoms with Crippen molar-refractivity contribution in [1.29, 1.82) is 0 Å². The van der Waals surface area contributed by atoms with Crippen molar-refractivity contribution >= 4 is 39.4 Å². The Labute approximate surface area is 106 Å². The van der Waals surface area contributed by atoms with Gasteiger partial charge in [-0.05, 0) is 23.6 Å². The van der Waals surface area contributed by atoms with Crippen molar-refractivity contribution in [2.75, 3.05) is 5.73 Å². The quantitative estimate of drug-likeness (QED) is 0.871. The molecule has 0 saturated carbocycles. The van der Waals surface area contributed by atoms with E-state index in [2.05, 4.69) is 0 Å². The standard InChI is InChI=1S/C11H10ClNOS2/c12-9-3-1-4-10(13)8(9)7-16(14)11-5-2-6-15-11/h1-6H,7,13H2. The number of nitrogens with two attached hydrogens (primary N) is 1. The van der Waals surface area contributed by atoms with Gasteiger partial charge in [0, 0.05) is 16.3 Å². The van der Waals surface area contributed by atoms with Crippen LogP contribution in [0.15, 0.2) is 39.9 Å². The van der Waals surface area contributed by atoms with Crippen molar-refractivity contribution in [3.8, 4) is 0 Å². The Bertz CT molecular complexity index is 490. The molecule has 0 saturated heterocycles. The number of hydrogen-bond donors (Lipinski definition) is 1. The van der Waals surface area contributed by atoms with Crippen LogP contribution in [0.4, 0.5) is 5.69 Å². The molecule has 0 bridgehead atoms. The fourth-order valence-corrected chi connectivity index (χ4v) is 3.83. The molecule has 0 aliphatic heterocycles. The first-order chi connectivity index (χ1) is 7.68. The first kappa shape index (κ1) is 11.6. The molecule has 0 aliphatic carbocycles. The highest BCUT2D eigenvalue weighted by atomic mass is 35.5. The van der Waals surface area contributed by atoms with Crippen LogP contribution in [-0.4, -0.2) is 4.21 Å². The largest absolute Gasteiger partial charge is 0.398 e. The lowest BCUT2D eigenvalue weighted by molar-refractivity contribution is 0.684. The van der Waals surface area contributed by atoms with Gasteiger partial charge in [-0.15, -0.1) is 11.3 Å². The van der Waals surface area contributed by atoms with Gasteiger partial charge in [-0.3, -0.25) is 4.21 Å². The third-order valence-corrected chi connectivity index (χ3v) is 5.15. The molecule has 1 aromatic carbocycles. The van der Waals surface area contributed by atoms with E-state index in [-0.39, 0.29) is 0 Å². The normalized spacial score (nSPS) is 12.6. The van der Waals surface area contributed by atoms with Crippen LogP contribution in [0.25, 0.3) is 0 Å². The average molecular weight is 272 g/mol. The lowest BCUT2D eigenvalue weighted by Crippen LogP contribution is -2.00. The summed E-state index contributed by atoms with van der Waals surface area (Å²) in [5.74, 6) is 0.367. The summed E-state index contributed by atoms with van der Waals surface area (Å²) in [7, 11) is -1.07. The molecule has 2 nitrogen and oxygen atoms in total. The molecule has 0 spiro atoms. The smallest absolute Gasteiger partial charge is 0.0913 e. The van der Waals surface area contributed by atoms with Crippen LogP contribution in [0.5, 0.6) is 0 Å². The van der Waals surface area contributed by atoms with E-state index >= 15 is 0 Å². The molecule has 1 atom stereocenters. The van der Waals surface area contributed by atoms with Crippen molar-refractivity contribution in [2.24, 2.45) is 0 Å². The summed E-state index contributed by atoms with van der Waals surface area (Å²) in [6.45, 7) is 0. The summed E-state index contributed by atoms with van der Waals surface area (Å²) in [5, 5.41) is 2.48. The number of benzene rings is 1. The van der Waals surface area contributed by atoms with Crippen molar-refractivity contribution in [2.45, 2.75) is 9.96 Å². The van der Waals surface area contributed by atoms with Gasteiger partial charge >= 0.3 is 0 Å². The van der Waals surface area contributed by atoms with Gasteiger partial charge in [0.15, 0.2) is 0 Å².